The Labute approximate surface area is 198 Å². The molecule has 0 radical (unpaired) electrons. The van der Waals surface area contributed by atoms with Crippen LogP contribution in [-0.4, -0.2) is 58.3 Å². The predicted octanol–water partition coefficient (Wildman–Crippen LogP) is 3.99. The molecule has 2 N–H and O–H groups in total. The Morgan fingerprint density at radius 2 is 1.85 bits per heavy atom. The van der Waals surface area contributed by atoms with Crippen molar-refractivity contribution >= 4 is 12.1 Å². The zero-order chi connectivity index (χ0) is 24.5. The van der Waals surface area contributed by atoms with Crippen molar-refractivity contribution in [2.45, 2.75) is 51.0 Å². The minimum Gasteiger partial charge on any atom is -0.465 e. The smallest absolute Gasteiger partial charge is 0.415 e. The number of methoxy groups -OCH3 is 1. The number of imide groups is 1. The summed E-state index contributed by atoms with van der Waals surface area (Å²) in [7, 11) is 1.59. The highest BCUT2D eigenvalue weighted by Gasteiger charge is 2.33. The monoisotopic (exact) mass is 466 g/mol. The molecule has 0 saturated heterocycles. The van der Waals surface area contributed by atoms with Crippen molar-refractivity contribution in [1.82, 2.24) is 14.8 Å². The van der Waals surface area contributed by atoms with Crippen molar-refractivity contribution < 1.29 is 19.4 Å². The number of carbonyl (C=O) groups excluding carboxylic acids is 1. The van der Waals surface area contributed by atoms with E-state index in [0.717, 1.165) is 45.8 Å². The largest absolute Gasteiger partial charge is 0.465 e. The van der Waals surface area contributed by atoms with Crippen LogP contribution in [0.4, 0.5) is 9.59 Å². The van der Waals surface area contributed by atoms with Crippen molar-refractivity contribution in [3.05, 3.63) is 58.0 Å². The molecule has 180 valence electrons. The summed E-state index contributed by atoms with van der Waals surface area (Å²) in [6.45, 7) is 0.546. The molecule has 0 unspecified atom stereocenters. The number of pyridine rings is 1. The van der Waals surface area contributed by atoms with E-state index in [1.807, 2.05) is 36.5 Å². The molecule has 3 amide bonds. The first-order valence-corrected chi connectivity index (χ1v) is 11.5. The highest BCUT2D eigenvalue weighted by Crippen LogP contribution is 2.24. The van der Waals surface area contributed by atoms with E-state index >= 15 is 0 Å². The highest BCUT2D eigenvalue weighted by atomic mass is 16.5. The third-order valence-electron chi connectivity index (χ3n) is 6.17. The molecule has 9 heteroatoms. The van der Waals surface area contributed by atoms with Crippen LogP contribution in [0.2, 0.25) is 0 Å². The molecule has 1 heterocycles. The van der Waals surface area contributed by atoms with Gasteiger partial charge in [-0.25, -0.2) is 19.4 Å². The van der Waals surface area contributed by atoms with Crippen LogP contribution in [0.15, 0.2) is 41.3 Å². The quantitative estimate of drug-likeness (QED) is 0.447. The summed E-state index contributed by atoms with van der Waals surface area (Å²) in [6.07, 6.45) is 7.18. The van der Waals surface area contributed by atoms with Gasteiger partial charge in [0, 0.05) is 37.9 Å². The minimum absolute atomic E-state index is 0.0883. The Bertz CT molecular complexity index is 1080. The number of amides is 3. The zero-order valence-electron chi connectivity index (χ0n) is 19.3. The third-order valence-corrected chi connectivity index (χ3v) is 6.17. The number of aromatic amines is 1. The maximum Gasteiger partial charge on any atom is 0.415 e. The number of carbonyl (C=O) groups is 2. The number of carboxylic acid groups (broad SMARTS) is 1. The topological polar surface area (TPSA) is 127 Å². The zero-order valence-corrected chi connectivity index (χ0v) is 19.3. The van der Waals surface area contributed by atoms with Gasteiger partial charge >= 0.3 is 12.1 Å². The molecule has 1 aliphatic carbocycles. The van der Waals surface area contributed by atoms with Gasteiger partial charge in [0.05, 0.1) is 6.61 Å². The predicted molar refractivity (Wildman–Crippen MR) is 126 cm³/mol. The number of ether oxygens (including phenoxy) is 1. The summed E-state index contributed by atoms with van der Waals surface area (Å²) in [5.74, 6) is 0. The number of benzene rings is 1. The minimum atomic E-state index is -1.31. The van der Waals surface area contributed by atoms with Crippen LogP contribution < -0.4 is 5.56 Å². The second kappa shape index (κ2) is 12.0. The van der Waals surface area contributed by atoms with Crippen LogP contribution >= 0.6 is 0 Å². The number of nitrogens with zero attached hydrogens (tertiary/aromatic N) is 3. The van der Waals surface area contributed by atoms with Gasteiger partial charge in [0.25, 0.3) is 5.56 Å². The maximum absolute atomic E-state index is 12.8. The van der Waals surface area contributed by atoms with Crippen LogP contribution in [0.3, 0.4) is 0 Å². The average Bonchev–Trinajstić information content (AvgIpc) is 2.85. The number of nitrogens with one attached hydrogen (secondary N) is 1. The lowest BCUT2D eigenvalue weighted by Gasteiger charge is -2.32. The number of hydrogen-bond acceptors (Lipinski definition) is 5. The van der Waals surface area contributed by atoms with E-state index in [2.05, 4.69) is 4.98 Å². The molecule has 0 atom stereocenters. The molecule has 1 aromatic heterocycles. The van der Waals surface area contributed by atoms with Crippen molar-refractivity contribution in [2.24, 2.45) is 0 Å². The number of urea groups is 1. The van der Waals surface area contributed by atoms with E-state index in [4.69, 9.17) is 4.74 Å². The fraction of sp³-hybridized carbons (Fsp3) is 0.440. The van der Waals surface area contributed by atoms with Crippen molar-refractivity contribution in [3.63, 3.8) is 0 Å². The van der Waals surface area contributed by atoms with Crippen molar-refractivity contribution in [2.75, 3.05) is 20.3 Å². The van der Waals surface area contributed by atoms with Gasteiger partial charge in [-0.3, -0.25) is 4.79 Å². The van der Waals surface area contributed by atoms with Gasteiger partial charge in [-0.2, -0.15) is 5.26 Å². The van der Waals surface area contributed by atoms with Crippen LogP contribution in [0.1, 0.15) is 43.2 Å². The average molecular weight is 467 g/mol. The third kappa shape index (κ3) is 6.23. The first kappa shape index (κ1) is 25.0. The van der Waals surface area contributed by atoms with Crippen LogP contribution in [0, 0.1) is 11.5 Å². The first-order chi connectivity index (χ1) is 16.4. The van der Waals surface area contributed by atoms with Gasteiger partial charge in [0.15, 0.2) is 6.19 Å². The van der Waals surface area contributed by atoms with Gasteiger partial charge in [-0.05, 0) is 42.0 Å². The summed E-state index contributed by atoms with van der Waals surface area (Å²) in [4.78, 5) is 41.0. The number of nitriles is 1. The molecule has 1 saturated carbocycles. The Morgan fingerprint density at radius 1 is 1.15 bits per heavy atom. The standard InChI is InChI=1S/C25H30N4O5/c1-34-14-12-20-15-21(16-27-23(20)30)19-9-7-18(8-10-19)11-13-28(17-26)24(31)29(25(32)33)22-5-3-2-4-6-22/h7-10,15-16,22H,2-6,11-14H2,1H3,(H,27,30)(H,32,33). The Hall–Kier alpha value is -3.64. The van der Waals surface area contributed by atoms with Gasteiger partial charge in [-0.1, -0.05) is 43.5 Å². The second-order valence-electron chi connectivity index (χ2n) is 8.41. The summed E-state index contributed by atoms with van der Waals surface area (Å²) >= 11 is 0. The molecular formula is C25H30N4O5. The van der Waals surface area contributed by atoms with E-state index in [1.54, 1.807) is 13.3 Å². The van der Waals surface area contributed by atoms with Crippen LogP contribution in [0.25, 0.3) is 11.1 Å². The fourth-order valence-corrected chi connectivity index (χ4v) is 4.25. The fourth-order valence-electron chi connectivity index (χ4n) is 4.25. The lowest BCUT2D eigenvalue weighted by atomic mass is 9.94. The van der Waals surface area contributed by atoms with Gasteiger partial charge in [0.1, 0.15) is 0 Å². The summed E-state index contributed by atoms with van der Waals surface area (Å²) < 4.78 is 5.06. The van der Waals surface area contributed by atoms with Crippen molar-refractivity contribution in [1.29, 1.82) is 5.26 Å². The molecule has 34 heavy (non-hydrogen) atoms. The number of aromatic nitrogens is 1. The van der Waals surface area contributed by atoms with E-state index in [0.29, 0.717) is 37.9 Å². The molecule has 0 spiro atoms. The molecule has 1 aromatic carbocycles. The lowest BCUT2D eigenvalue weighted by Crippen LogP contribution is -2.50. The van der Waals surface area contributed by atoms with Crippen LogP contribution in [-0.2, 0) is 17.6 Å². The SMILES string of the molecule is COCCc1cc(-c2ccc(CCN(C#N)C(=O)N(C(=O)O)C3CCCCC3)cc2)c[nH]c1=O. The Balaban J connectivity index is 1.65. The number of rotatable bonds is 8. The summed E-state index contributed by atoms with van der Waals surface area (Å²) in [5, 5.41) is 19.1. The summed E-state index contributed by atoms with van der Waals surface area (Å²) in [6, 6.07) is 8.29. The Morgan fingerprint density at radius 3 is 2.47 bits per heavy atom. The van der Waals surface area contributed by atoms with E-state index < -0.39 is 12.1 Å². The number of H-pyrrole nitrogens is 1. The Kier molecular flexibility index (Phi) is 8.82. The summed E-state index contributed by atoms with van der Waals surface area (Å²) in [5.41, 5.74) is 3.20. The molecule has 0 bridgehead atoms. The first-order valence-electron chi connectivity index (χ1n) is 11.5. The van der Waals surface area contributed by atoms with Gasteiger partial charge < -0.3 is 14.8 Å². The molecule has 3 rings (SSSR count). The van der Waals surface area contributed by atoms with Crippen LogP contribution in [0.5, 0.6) is 0 Å². The molecular weight excluding hydrogens is 436 g/mol. The molecule has 0 aliphatic heterocycles. The second-order valence-corrected chi connectivity index (χ2v) is 8.41. The van der Waals surface area contributed by atoms with E-state index in [9.17, 15) is 24.8 Å². The molecule has 9 nitrogen and oxygen atoms in total. The van der Waals surface area contributed by atoms with Gasteiger partial charge in [0.2, 0.25) is 0 Å². The lowest BCUT2D eigenvalue weighted by molar-refractivity contribution is 0.110. The molecule has 1 aliphatic rings. The van der Waals surface area contributed by atoms with Gasteiger partial charge in [-0.15, -0.1) is 0 Å². The van der Waals surface area contributed by atoms with E-state index in [1.165, 1.54) is 0 Å². The molecule has 2 aromatic rings. The normalized spacial score (nSPS) is 13.8. The van der Waals surface area contributed by atoms with E-state index in [-0.39, 0.29) is 18.1 Å². The molecule has 1 fully saturated rings. The van der Waals surface area contributed by atoms with Crippen molar-refractivity contribution in [3.8, 4) is 17.3 Å². The highest BCUT2D eigenvalue weighted by molar-refractivity contribution is 5.91. The number of hydrogen-bond donors (Lipinski definition) is 2. The maximum atomic E-state index is 12.8.